The standard InChI is InChI=1S/C25H22ClNO3.Na.H/c1-16-8-10-17(11-9-16)15-30-24-13-12-18(26)14-21(24)19-4-2-5-20(19)22-6-3-7-23(27-22)25(28)29;;/h3,6-14H,2,4-5,15H2,1H3,(H,28,29);;. The molecule has 1 aromatic heterocycles. The van der Waals surface area contributed by atoms with Crippen LogP contribution in [0.2, 0.25) is 5.02 Å². The van der Waals surface area contributed by atoms with Crippen LogP contribution in [-0.4, -0.2) is 45.6 Å². The number of carbonyl (C=O) groups is 1. The third-order valence-corrected chi connectivity index (χ3v) is 5.51. The fourth-order valence-corrected chi connectivity index (χ4v) is 3.93. The van der Waals surface area contributed by atoms with Gasteiger partial charge in [0.1, 0.15) is 18.1 Å². The number of hydrogen-bond acceptors (Lipinski definition) is 3. The van der Waals surface area contributed by atoms with Crippen LogP contribution >= 0.6 is 11.6 Å². The second-order valence-corrected chi connectivity index (χ2v) is 7.88. The van der Waals surface area contributed by atoms with Crippen molar-refractivity contribution in [3.05, 3.63) is 93.8 Å². The molecule has 1 aliphatic rings. The number of carboxylic acids is 1. The number of carboxylic acid groups (broad SMARTS) is 1. The monoisotopic (exact) mass is 443 g/mol. The zero-order valence-electron chi connectivity index (χ0n) is 16.7. The second kappa shape index (κ2) is 10.5. The Bertz CT molecular complexity index is 1130. The molecule has 0 fully saturated rings. The van der Waals surface area contributed by atoms with E-state index < -0.39 is 5.97 Å². The second-order valence-electron chi connectivity index (χ2n) is 7.44. The number of aryl methyl sites for hydroxylation is 1. The molecule has 0 aliphatic heterocycles. The van der Waals surface area contributed by atoms with Gasteiger partial charge in [-0.1, -0.05) is 47.5 Å². The summed E-state index contributed by atoms with van der Waals surface area (Å²) in [6.07, 6.45) is 2.69. The summed E-state index contributed by atoms with van der Waals surface area (Å²) in [6, 6.07) is 19.0. The molecule has 4 nitrogen and oxygen atoms in total. The predicted molar refractivity (Wildman–Crippen MR) is 126 cm³/mol. The number of ether oxygens (including phenoxy) is 1. The molecule has 2 aromatic carbocycles. The van der Waals surface area contributed by atoms with Gasteiger partial charge in [0.05, 0.1) is 5.69 Å². The summed E-state index contributed by atoms with van der Waals surface area (Å²) in [5, 5.41) is 9.93. The van der Waals surface area contributed by atoms with Crippen LogP contribution < -0.4 is 4.74 Å². The molecule has 0 amide bonds. The van der Waals surface area contributed by atoms with E-state index in [2.05, 4.69) is 36.2 Å². The molecule has 0 saturated heterocycles. The molecule has 1 aliphatic carbocycles. The van der Waals surface area contributed by atoms with Crippen LogP contribution in [0, 0.1) is 6.92 Å². The summed E-state index contributed by atoms with van der Waals surface area (Å²) < 4.78 is 6.17. The molecule has 0 atom stereocenters. The van der Waals surface area contributed by atoms with E-state index in [-0.39, 0.29) is 35.3 Å². The third kappa shape index (κ3) is 5.58. The summed E-state index contributed by atoms with van der Waals surface area (Å²) in [5.41, 5.74) is 6.18. The van der Waals surface area contributed by atoms with Crippen LogP contribution in [0.4, 0.5) is 0 Å². The predicted octanol–water partition coefficient (Wildman–Crippen LogP) is 5.77. The van der Waals surface area contributed by atoms with Crippen molar-refractivity contribution in [2.45, 2.75) is 32.8 Å². The van der Waals surface area contributed by atoms with E-state index in [4.69, 9.17) is 16.3 Å². The van der Waals surface area contributed by atoms with Crippen molar-refractivity contribution in [3.63, 3.8) is 0 Å². The molecule has 0 unspecified atom stereocenters. The first-order valence-corrected chi connectivity index (χ1v) is 10.3. The third-order valence-electron chi connectivity index (χ3n) is 5.28. The maximum atomic E-state index is 11.3. The first-order valence-electron chi connectivity index (χ1n) is 9.92. The number of rotatable bonds is 6. The Labute approximate surface area is 209 Å². The van der Waals surface area contributed by atoms with Crippen molar-refractivity contribution in [1.29, 1.82) is 0 Å². The van der Waals surface area contributed by atoms with Crippen LogP contribution in [0.15, 0.2) is 60.7 Å². The van der Waals surface area contributed by atoms with E-state index >= 15 is 0 Å². The van der Waals surface area contributed by atoms with E-state index in [1.54, 1.807) is 6.07 Å². The number of pyridine rings is 1. The molecule has 6 heteroatoms. The number of benzene rings is 2. The van der Waals surface area contributed by atoms with Crippen molar-refractivity contribution in [1.82, 2.24) is 4.98 Å². The topological polar surface area (TPSA) is 59.4 Å². The van der Waals surface area contributed by atoms with Gasteiger partial charge < -0.3 is 9.84 Å². The number of aromatic nitrogens is 1. The van der Waals surface area contributed by atoms with Crippen LogP contribution in [0.25, 0.3) is 11.1 Å². The van der Waals surface area contributed by atoms with Gasteiger partial charge in [-0.15, -0.1) is 0 Å². The summed E-state index contributed by atoms with van der Waals surface area (Å²) in [5.74, 6) is -0.259. The number of aromatic carboxylic acids is 1. The van der Waals surface area contributed by atoms with Crippen LogP contribution in [0.3, 0.4) is 0 Å². The first kappa shape index (κ1) is 23.6. The molecule has 4 rings (SSSR count). The normalized spacial score (nSPS) is 13.1. The molecular weight excluding hydrogens is 421 g/mol. The molecular formula is C25H23ClNNaO3. The van der Waals surface area contributed by atoms with Crippen molar-refractivity contribution < 1.29 is 14.6 Å². The van der Waals surface area contributed by atoms with Gasteiger partial charge in [-0.3, -0.25) is 0 Å². The van der Waals surface area contributed by atoms with Gasteiger partial charge in [0.2, 0.25) is 0 Å². The Balaban J connectivity index is 0.00000272. The molecule has 0 spiro atoms. The zero-order valence-corrected chi connectivity index (χ0v) is 17.4. The number of halogens is 1. The van der Waals surface area contributed by atoms with E-state index in [0.717, 1.165) is 47.3 Å². The van der Waals surface area contributed by atoms with Gasteiger partial charge in [0, 0.05) is 10.6 Å². The average Bonchev–Trinajstić information content (AvgIpc) is 3.24. The summed E-state index contributed by atoms with van der Waals surface area (Å²) in [7, 11) is 0. The van der Waals surface area contributed by atoms with Gasteiger partial charge in [-0.2, -0.15) is 0 Å². The number of nitrogens with zero attached hydrogens (tertiary/aromatic N) is 1. The fourth-order valence-electron chi connectivity index (χ4n) is 3.75. The number of hydrogen-bond donors (Lipinski definition) is 1. The molecule has 0 saturated carbocycles. The van der Waals surface area contributed by atoms with E-state index in [9.17, 15) is 9.90 Å². The van der Waals surface area contributed by atoms with Crippen LogP contribution in [0.1, 0.15) is 52.1 Å². The van der Waals surface area contributed by atoms with Crippen LogP contribution in [-0.2, 0) is 6.61 Å². The molecule has 3 aromatic rings. The quantitative estimate of drug-likeness (QED) is 0.491. The Kier molecular flexibility index (Phi) is 7.95. The molecule has 1 heterocycles. The Morgan fingerprint density at radius 3 is 2.55 bits per heavy atom. The van der Waals surface area contributed by atoms with Gasteiger partial charge in [-0.25, -0.2) is 9.78 Å². The SMILES string of the molecule is Cc1ccc(COc2ccc(Cl)cc2C2=C(c3cccc(C(=O)O)n3)CCC2)cc1.[NaH]. The first-order chi connectivity index (χ1) is 14.5. The molecule has 1 N–H and O–H groups in total. The van der Waals surface area contributed by atoms with Crippen molar-refractivity contribution in [3.8, 4) is 5.75 Å². The molecule has 31 heavy (non-hydrogen) atoms. The maximum absolute atomic E-state index is 11.3. The minimum atomic E-state index is -1.03. The molecule has 0 radical (unpaired) electrons. The zero-order chi connectivity index (χ0) is 21.1. The number of allylic oxidation sites excluding steroid dienone is 2. The van der Waals surface area contributed by atoms with Crippen molar-refractivity contribution >= 4 is 58.3 Å². The summed E-state index contributed by atoms with van der Waals surface area (Å²) in [4.78, 5) is 15.7. The van der Waals surface area contributed by atoms with E-state index in [0.29, 0.717) is 17.3 Å². The average molecular weight is 444 g/mol. The van der Waals surface area contributed by atoms with Gasteiger partial charge in [0.15, 0.2) is 0 Å². The summed E-state index contributed by atoms with van der Waals surface area (Å²) >= 11 is 6.32. The Morgan fingerprint density at radius 1 is 1.06 bits per heavy atom. The minimum absolute atomic E-state index is 0. The van der Waals surface area contributed by atoms with E-state index in [1.807, 2.05) is 24.3 Å². The Hall–Kier alpha value is -2.11. The van der Waals surface area contributed by atoms with Gasteiger partial charge in [-0.05, 0) is 73.2 Å². The van der Waals surface area contributed by atoms with Gasteiger partial charge >= 0.3 is 35.5 Å². The molecule has 0 bridgehead atoms. The summed E-state index contributed by atoms with van der Waals surface area (Å²) in [6.45, 7) is 2.52. The molecule has 154 valence electrons. The van der Waals surface area contributed by atoms with Crippen LogP contribution in [0.5, 0.6) is 5.75 Å². The fraction of sp³-hybridized carbons (Fsp3) is 0.200. The van der Waals surface area contributed by atoms with Crippen molar-refractivity contribution in [2.24, 2.45) is 0 Å². The van der Waals surface area contributed by atoms with Crippen molar-refractivity contribution in [2.75, 3.05) is 0 Å². The Morgan fingerprint density at radius 2 is 1.81 bits per heavy atom. The van der Waals surface area contributed by atoms with Gasteiger partial charge in [0.25, 0.3) is 0 Å². The van der Waals surface area contributed by atoms with E-state index in [1.165, 1.54) is 11.6 Å².